The van der Waals surface area contributed by atoms with Gasteiger partial charge in [-0.25, -0.2) is 0 Å². The van der Waals surface area contributed by atoms with Gasteiger partial charge in [0.2, 0.25) is 0 Å². The van der Waals surface area contributed by atoms with Crippen LogP contribution in [0.25, 0.3) is 0 Å². The second-order valence-corrected chi connectivity index (χ2v) is 6.13. The summed E-state index contributed by atoms with van der Waals surface area (Å²) in [5, 5.41) is 5.73. The van der Waals surface area contributed by atoms with Crippen LogP contribution in [0.5, 0.6) is 11.5 Å². The molecular weight excluding hydrogens is 427 g/mol. The highest BCUT2D eigenvalue weighted by atomic mass is 127. The molecule has 0 fully saturated rings. The Kier molecular flexibility index (Phi) is 6.60. The fourth-order valence-electron chi connectivity index (χ4n) is 1.68. The van der Waals surface area contributed by atoms with Crippen molar-refractivity contribution in [3.8, 4) is 11.5 Å². The van der Waals surface area contributed by atoms with E-state index in [-0.39, 0.29) is 17.6 Å². The Labute approximate surface area is 153 Å². The maximum Gasteiger partial charge on any atom is 0.264 e. The molecule has 0 atom stereocenters. The third-order valence-corrected chi connectivity index (χ3v) is 3.71. The Bertz CT molecular complexity index is 675. The predicted molar refractivity (Wildman–Crippen MR) is 102 cm³/mol. The molecule has 2 aromatic carbocycles. The molecule has 0 unspecified atom stereocenters. The molecule has 0 aliphatic carbocycles. The lowest BCUT2D eigenvalue weighted by molar-refractivity contribution is -0.121. The van der Waals surface area contributed by atoms with Crippen LogP contribution in [0, 0.1) is 3.57 Å². The number of carbonyl (C=O) groups excluding carboxylic acids is 1. The van der Waals surface area contributed by atoms with Gasteiger partial charge in [-0.3, -0.25) is 10.1 Å². The van der Waals surface area contributed by atoms with Gasteiger partial charge in [0, 0.05) is 9.26 Å². The van der Waals surface area contributed by atoms with Crippen LogP contribution in [0.3, 0.4) is 0 Å². The van der Waals surface area contributed by atoms with E-state index in [0.29, 0.717) is 5.75 Å². The molecular formula is C16H15IN2O3S. The van der Waals surface area contributed by atoms with Crippen molar-refractivity contribution in [3.63, 3.8) is 0 Å². The average molecular weight is 442 g/mol. The van der Waals surface area contributed by atoms with Crippen molar-refractivity contribution in [2.75, 3.05) is 19.0 Å². The molecule has 0 bridgehead atoms. The third-order valence-electron chi connectivity index (χ3n) is 2.78. The lowest BCUT2D eigenvalue weighted by Crippen LogP contribution is -2.37. The number of hydrogen-bond donors (Lipinski definition) is 2. The van der Waals surface area contributed by atoms with Gasteiger partial charge in [-0.1, -0.05) is 0 Å². The van der Waals surface area contributed by atoms with Gasteiger partial charge in [-0.15, -0.1) is 0 Å². The van der Waals surface area contributed by atoms with Gasteiger partial charge >= 0.3 is 0 Å². The SMILES string of the molecule is COc1ccc(OCC(=O)NC(=S)Nc2ccc(I)cc2)cc1. The van der Waals surface area contributed by atoms with Gasteiger partial charge in [-0.2, -0.15) is 0 Å². The van der Waals surface area contributed by atoms with Crippen LogP contribution < -0.4 is 20.1 Å². The molecule has 23 heavy (non-hydrogen) atoms. The first-order valence-corrected chi connectivity index (χ1v) is 8.19. The molecule has 0 aromatic heterocycles. The van der Waals surface area contributed by atoms with Gasteiger partial charge in [0.1, 0.15) is 11.5 Å². The van der Waals surface area contributed by atoms with Crippen molar-refractivity contribution in [1.29, 1.82) is 0 Å². The summed E-state index contributed by atoms with van der Waals surface area (Å²) in [6, 6.07) is 14.6. The molecule has 7 heteroatoms. The number of carbonyl (C=O) groups is 1. The van der Waals surface area contributed by atoms with Gasteiger partial charge < -0.3 is 14.8 Å². The van der Waals surface area contributed by atoms with Crippen LogP contribution in [0.4, 0.5) is 5.69 Å². The average Bonchev–Trinajstić information content (AvgIpc) is 2.55. The van der Waals surface area contributed by atoms with Crippen molar-refractivity contribution in [1.82, 2.24) is 5.32 Å². The summed E-state index contributed by atoms with van der Waals surface area (Å²) < 4.78 is 11.6. The number of hydrogen-bond acceptors (Lipinski definition) is 4. The first-order valence-electron chi connectivity index (χ1n) is 6.70. The van der Waals surface area contributed by atoms with Crippen LogP contribution in [0.15, 0.2) is 48.5 Å². The van der Waals surface area contributed by atoms with E-state index in [9.17, 15) is 4.79 Å². The Balaban J connectivity index is 1.77. The number of benzene rings is 2. The van der Waals surface area contributed by atoms with E-state index in [1.165, 1.54) is 0 Å². The van der Waals surface area contributed by atoms with Gasteiger partial charge in [-0.05, 0) is 83.3 Å². The second-order valence-electron chi connectivity index (χ2n) is 4.47. The van der Waals surface area contributed by atoms with Crippen LogP contribution in [-0.2, 0) is 4.79 Å². The Morgan fingerprint density at radius 2 is 1.70 bits per heavy atom. The molecule has 2 N–H and O–H groups in total. The fraction of sp³-hybridized carbons (Fsp3) is 0.125. The Morgan fingerprint density at radius 1 is 1.09 bits per heavy atom. The van der Waals surface area contributed by atoms with Crippen LogP contribution >= 0.6 is 34.8 Å². The standard InChI is InChI=1S/C16H15IN2O3S/c1-21-13-6-8-14(9-7-13)22-10-15(20)19-16(23)18-12-4-2-11(17)3-5-12/h2-9H,10H2,1H3,(H2,18,19,20,23). The molecule has 0 saturated carbocycles. The highest BCUT2D eigenvalue weighted by Gasteiger charge is 2.06. The highest BCUT2D eigenvalue weighted by Crippen LogP contribution is 2.16. The minimum Gasteiger partial charge on any atom is -0.497 e. The largest absolute Gasteiger partial charge is 0.497 e. The maximum absolute atomic E-state index is 11.8. The zero-order valence-corrected chi connectivity index (χ0v) is 15.3. The monoisotopic (exact) mass is 442 g/mol. The molecule has 0 aliphatic rings. The lowest BCUT2D eigenvalue weighted by atomic mass is 10.3. The molecule has 0 heterocycles. The molecule has 0 aliphatic heterocycles. The zero-order chi connectivity index (χ0) is 16.7. The molecule has 2 rings (SSSR count). The van der Waals surface area contributed by atoms with Crippen molar-refractivity contribution in [2.45, 2.75) is 0 Å². The maximum atomic E-state index is 11.8. The number of anilines is 1. The van der Waals surface area contributed by atoms with E-state index in [1.54, 1.807) is 31.4 Å². The first-order chi connectivity index (χ1) is 11.1. The highest BCUT2D eigenvalue weighted by molar-refractivity contribution is 14.1. The second kappa shape index (κ2) is 8.68. The van der Waals surface area contributed by atoms with Crippen molar-refractivity contribution in [3.05, 3.63) is 52.1 Å². The summed E-state index contributed by atoms with van der Waals surface area (Å²) in [6.07, 6.45) is 0. The minimum atomic E-state index is -0.330. The Hall–Kier alpha value is -1.87. The van der Waals surface area contributed by atoms with E-state index in [1.807, 2.05) is 24.3 Å². The van der Waals surface area contributed by atoms with Crippen LogP contribution in [-0.4, -0.2) is 24.7 Å². The topological polar surface area (TPSA) is 59.6 Å². The van der Waals surface area contributed by atoms with Crippen molar-refractivity contribution in [2.24, 2.45) is 0 Å². The van der Waals surface area contributed by atoms with Crippen LogP contribution in [0.2, 0.25) is 0 Å². The van der Waals surface area contributed by atoms with Crippen LogP contribution in [0.1, 0.15) is 0 Å². The summed E-state index contributed by atoms with van der Waals surface area (Å²) in [6.45, 7) is -0.124. The normalized spacial score (nSPS) is 9.83. The van der Waals surface area contributed by atoms with Crippen molar-refractivity contribution < 1.29 is 14.3 Å². The molecule has 1 amide bonds. The predicted octanol–water partition coefficient (Wildman–Crippen LogP) is 3.19. The number of thiocarbonyl (C=S) groups is 1. The Morgan fingerprint density at radius 3 is 2.30 bits per heavy atom. The molecule has 120 valence electrons. The summed E-state index contributed by atoms with van der Waals surface area (Å²) >= 11 is 7.31. The minimum absolute atomic E-state index is 0.124. The van der Waals surface area contributed by atoms with Gasteiger partial charge in [0.05, 0.1) is 7.11 Å². The first kappa shape index (κ1) is 17.5. The fourth-order valence-corrected chi connectivity index (χ4v) is 2.27. The third kappa shape index (κ3) is 6.03. The smallest absolute Gasteiger partial charge is 0.264 e. The van der Waals surface area contributed by atoms with E-state index < -0.39 is 0 Å². The van der Waals surface area contributed by atoms with E-state index in [4.69, 9.17) is 21.7 Å². The molecule has 0 radical (unpaired) electrons. The van der Waals surface area contributed by atoms with Crippen molar-refractivity contribution >= 4 is 51.5 Å². The summed E-state index contributed by atoms with van der Waals surface area (Å²) in [4.78, 5) is 11.8. The van der Waals surface area contributed by atoms with Gasteiger partial charge in [0.15, 0.2) is 11.7 Å². The number of rotatable bonds is 5. The molecule has 5 nitrogen and oxygen atoms in total. The quantitative estimate of drug-likeness (QED) is 0.551. The van der Waals surface area contributed by atoms with Gasteiger partial charge in [0.25, 0.3) is 5.91 Å². The molecule has 2 aromatic rings. The van der Waals surface area contributed by atoms with E-state index in [0.717, 1.165) is 15.0 Å². The number of ether oxygens (including phenoxy) is 2. The molecule has 0 spiro atoms. The number of nitrogens with one attached hydrogen (secondary N) is 2. The van der Waals surface area contributed by atoms with E-state index in [2.05, 4.69) is 33.2 Å². The summed E-state index contributed by atoms with van der Waals surface area (Å²) in [5.41, 5.74) is 0.812. The molecule has 0 saturated heterocycles. The summed E-state index contributed by atoms with van der Waals surface area (Å²) in [5.74, 6) is 0.978. The number of halogens is 1. The van der Waals surface area contributed by atoms with E-state index >= 15 is 0 Å². The number of amides is 1. The number of methoxy groups -OCH3 is 1. The zero-order valence-electron chi connectivity index (χ0n) is 12.3. The lowest BCUT2D eigenvalue weighted by Gasteiger charge is -2.10. The summed E-state index contributed by atoms with van der Waals surface area (Å²) in [7, 11) is 1.59.